The first-order valence-corrected chi connectivity index (χ1v) is 13.7. The number of nitrogens with one attached hydrogen (secondary N) is 1. The maximum absolute atomic E-state index is 12.7. The highest BCUT2D eigenvalue weighted by Crippen LogP contribution is 2.57. The van der Waals surface area contributed by atoms with Gasteiger partial charge in [0, 0.05) is 24.1 Å². The number of carbonyl (C=O) groups is 1. The molecule has 2 atom stereocenters. The summed E-state index contributed by atoms with van der Waals surface area (Å²) >= 11 is 0. The van der Waals surface area contributed by atoms with Crippen molar-refractivity contribution < 1.29 is 28.8 Å². The molecule has 0 spiro atoms. The van der Waals surface area contributed by atoms with E-state index in [0.717, 1.165) is 11.1 Å². The van der Waals surface area contributed by atoms with Crippen LogP contribution in [-0.4, -0.2) is 52.2 Å². The number of anilines is 1. The van der Waals surface area contributed by atoms with E-state index in [1.165, 1.54) is 6.33 Å². The normalized spacial score (nSPS) is 13.5. The van der Waals surface area contributed by atoms with Crippen LogP contribution in [0.3, 0.4) is 0 Å². The van der Waals surface area contributed by atoms with Crippen LogP contribution in [0.1, 0.15) is 28.8 Å². The summed E-state index contributed by atoms with van der Waals surface area (Å²) in [5.41, 5.74) is 10.0. The van der Waals surface area contributed by atoms with Gasteiger partial charge in [-0.3, -0.25) is 9.36 Å². The lowest BCUT2D eigenvalue weighted by Gasteiger charge is -2.15. The van der Waals surface area contributed by atoms with Gasteiger partial charge in [-0.1, -0.05) is 40.5 Å². The summed E-state index contributed by atoms with van der Waals surface area (Å²) in [6.45, 7) is 1.98. The Balaban J connectivity index is 1.58. The highest BCUT2D eigenvalue weighted by molar-refractivity contribution is 7.63. The zero-order valence-corrected chi connectivity index (χ0v) is 21.6. The average Bonchev–Trinajstić information content (AvgIpc) is 3.27. The van der Waals surface area contributed by atoms with E-state index < -0.39 is 33.5 Å². The van der Waals surface area contributed by atoms with E-state index in [4.69, 9.17) is 10.8 Å². The predicted molar refractivity (Wildman–Crippen MR) is 139 cm³/mol. The molecule has 0 radical (unpaired) electrons. The first-order valence-electron chi connectivity index (χ1n) is 11.2. The van der Waals surface area contributed by atoms with Crippen molar-refractivity contribution in [1.82, 2.24) is 25.1 Å². The molecular formula is C23H25N6O6P2+. The number of aliphatic hydroxyl groups is 1. The quantitative estimate of drug-likeness (QED) is 0.155. The molecule has 0 aliphatic heterocycles. The van der Waals surface area contributed by atoms with Crippen LogP contribution in [0, 0.1) is 6.92 Å². The molecule has 0 saturated heterocycles. The number of aromatic nitrogens is 4. The number of nitrogens with zero attached hydrogens (tertiary/aromatic N) is 4. The van der Waals surface area contributed by atoms with Crippen molar-refractivity contribution in [2.45, 2.75) is 24.8 Å². The average molecular weight is 543 g/mol. The van der Waals surface area contributed by atoms with Gasteiger partial charge >= 0.3 is 21.1 Å². The Morgan fingerprint density at radius 1 is 1.19 bits per heavy atom. The topological polar surface area (TPSA) is 194 Å². The number of carbonyl (C=O) groups excluding carboxylic acids is 1. The largest absolute Gasteiger partial charge is 0.407 e. The Morgan fingerprint density at radius 3 is 2.59 bits per heavy atom. The fourth-order valence-corrected chi connectivity index (χ4v) is 4.95. The molecule has 14 heteroatoms. The van der Waals surface area contributed by atoms with Crippen LogP contribution in [-0.2, 0) is 9.13 Å². The monoisotopic (exact) mass is 543 g/mol. The number of hydrogen-bond donors (Lipinski definition) is 5. The molecule has 6 N–H and O–H groups in total. The number of rotatable bonds is 9. The molecule has 2 unspecified atom stereocenters. The number of nitrogen functional groups attached to an aromatic ring is 1. The van der Waals surface area contributed by atoms with Gasteiger partial charge in [0.05, 0.1) is 11.1 Å². The van der Waals surface area contributed by atoms with Crippen LogP contribution in [0.2, 0.25) is 0 Å². The number of aryl methyl sites for hydroxylation is 1. The van der Waals surface area contributed by atoms with Gasteiger partial charge in [-0.15, -0.1) is 0 Å². The van der Waals surface area contributed by atoms with Gasteiger partial charge in [0.15, 0.2) is 5.65 Å². The van der Waals surface area contributed by atoms with E-state index in [9.17, 15) is 28.8 Å². The fourth-order valence-electron chi connectivity index (χ4n) is 3.74. The highest BCUT2D eigenvalue weighted by atomic mass is 31.2. The lowest BCUT2D eigenvalue weighted by Crippen LogP contribution is -2.27. The standard InChI is InChI=1S/C23H24N6O6P2/c1-14-6-8-15(9-7-14)19-18-20(24)26-13-27-21(18)29(28-19)17-5-2-4-16(12-17)22(30)25-11-3-10-23(31,36-32)37(33,34)35/h2,4-9,12-13,31H,3,10-11H2,1H3,(H,25,30)(H2,24,26,27)(H2,33,34,35)/p+1. The van der Waals surface area contributed by atoms with Gasteiger partial charge in [0.1, 0.15) is 17.8 Å². The number of amides is 1. The van der Waals surface area contributed by atoms with E-state index >= 15 is 0 Å². The molecule has 4 rings (SSSR count). The second kappa shape index (κ2) is 10.5. The van der Waals surface area contributed by atoms with Crippen LogP contribution in [0.5, 0.6) is 0 Å². The minimum absolute atomic E-state index is 0.00187. The zero-order valence-electron chi connectivity index (χ0n) is 19.7. The lowest BCUT2D eigenvalue weighted by molar-refractivity contribution is 0.0949. The summed E-state index contributed by atoms with van der Waals surface area (Å²) < 4.78 is 24.1. The van der Waals surface area contributed by atoms with Gasteiger partial charge in [0.2, 0.25) is 0 Å². The van der Waals surface area contributed by atoms with Crippen molar-refractivity contribution in [1.29, 1.82) is 0 Å². The van der Waals surface area contributed by atoms with E-state index in [1.54, 1.807) is 28.9 Å². The second-order valence-electron chi connectivity index (χ2n) is 8.46. The molecule has 37 heavy (non-hydrogen) atoms. The first-order chi connectivity index (χ1) is 17.5. The van der Waals surface area contributed by atoms with Crippen LogP contribution < -0.4 is 11.1 Å². The molecule has 192 valence electrons. The Bertz CT molecular complexity index is 1520. The Morgan fingerprint density at radius 2 is 1.92 bits per heavy atom. The molecule has 4 aromatic rings. The minimum atomic E-state index is -4.98. The Labute approximate surface area is 212 Å². The third-order valence-corrected chi connectivity index (χ3v) is 8.72. The van der Waals surface area contributed by atoms with Crippen LogP contribution in [0.25, 0.3) is 28.0 Å². The summed E-state index contributed by atoms with van der Waals surface area (Å²) in [5, 5.41) is 15.2. The Hall–Kier alpha value is -3.53. The summed E-state index contributed by atoms with van der Waals surface area (Å²) in [6, 6.07) is 14.4. The highest BCUT2D eigenvalue weighted by Gasteiger charge is 2.53. The van der Waals surface area contributed by atoms with Crippen molar-refractivity contribution >= 4 is 38.8 Å². The molecule has 12 nitrogen and oxygen atoms in total. The fraction of sp³-hybridized carbons (Fsp3) is 0.217. The van der Waals surface area contributed by atoms with Gasteiger partial charge in [0.25, 0.3) is 5.91 Å². The van der Waals surface area contributed by atoms with Gasteiger partial charge in [-0.2, -0.15) is 5.10 Å². The van der Waals surface area contributed by atoms with Crippen molar-refractivity contribution in [3.8, 4) is 16.9 Å². The Kier molecular flexibility index (Phi) is 7.49. The van der Waals surface area contributed by atoms with E-state index in [-0.39, 0.29) is 18.8 Å². The number of fused-ring (bicyclic) bond motifs is 1. The minimum Gasteiger partial charge on any atom is -0.383 e. The molecule has 0 fully saturated rings. The predicted octanol–water partition coefficient (Wildman–Crippen LogP) is 2.73. The maximum atomic E-state index is 12.7. The zero-order chi connectivity index (χ0) is 26.8. The number of hydrogen-bond acceptors (Lipinski definition) is 8. The maximum Gasteiger partial charge on any atom is 0.407 e. The third kappa shape index (κ3) is 5.44. The van der Waals surface area contributed by atoms with Crippen LogP contribution in [0.4, 0.5) is 5.82 Å². The summed E-state index contributed by atoms with van der Waals surface area (Å²) in [5.74, 6) is -0.176. The molecule has 0 saturated carbocycles. The molecule has 0 aliphatic rings. The first kappa shape index (κ1) is 26.5. The lowest BCUT2D eigenvalue weighted by atomic mass is 10.1. The van der Waals surface area contributed by atoms with E-state index in [2.05, 4.69) is 15.3 Å². The third-order valence-electron chi connectivity index (χ3n) is 5.80. The SMILES string of the molecule is Cc1ccc(-c2nn(-c3cccc(C(=O)NCCCC(O)([PH+]=O)P(=O)(O)O)c3)c3ncnc(N)c23)cc1. The van der Waals surface area contributed by atoms with Crippen LogP contribution >= 0.6 is 16.1 Å². The molecule has 2 heterocycles. The molecular weight excluding hydrogens is 518 g/mol. The van der Waals surface area contributed by atoms with E-state index in [1.807, 2.05) is 31.2 Å². The molecule has 2 aromatic heterocycles. The molecule has 2 aromatic carbocycles. The van der Waals surface area contributed by atoms with Crippen molar-refractivity contribution in [2.24, 2.45) is 0 Å². The van der Waals surface area contributed by atoms with Gasteiger partial charge in [-0.25, -0.2) is 14.6 Å². The number of nitrogens with two attached hydrogens (primary N) is 1. The number of benzene rings is 2. The summed E-state index contributed by atoms with van der Waals surface area (Å²) in [4.78, 5) is 39.6. The molecule has 0 aliphatic carbocycles. The van der Waals surface area contributed by atoms with Crippen molar-refractivity contribution in [2.75, 3.05) is 12.3 Å². The van der Waals surface area contributed by atoms with Crippen molar-refractivity contribution in [3.05, 3.63) is 66.0 Å². The molecule has 0 bridgehead atoms. The van der Waals surface area contributed by atoms with Crippen molar-refractivity contribution in [3.63, 3.8) is 0 Å². The van der Waals surface area contributed by atoms with Gasteiger partial charge in [-0.05, 0) is 31.5 Å². The van der Waals surface area contributed by atoms with E-state index in [0.29, 0.717) is 28.0 Å². The second-order valence-corrected chi connectivity index (χ2v) is 11.7. The van der Waals surface area contributed by atoms with Crippen LogP contribution in [0.15, 0.2) is 54.9 Å². The van der Waals surface area contributed by atoms with Gasteiger partial charge < -0.3 is 25.9 Å². The smallest absolute Gasteiger partial charge is 0.383 e. The molecule has 1 amide bonds. The summed E-state index contributed by atoms with van der Waals surface area (Å²) in [6.07, 6.45) is 0.899. The summed E-state index contributed by atoms with van der Waals surface area (Å²) in [7, 11) is -6.59.